The molecular weight excluding hydrogens is 302 g/mol. The number of carbonyl (C=O) groups excluding carboxylic acids is 3. The fraction of sp³-hybridized carbons (Fsp3) is 0.800. The lowest BCUT2D eigenvalue weighted by atomic mass is 9.91. The summed E-state index contributed by atoms with van der Waals surface area (Å²) in [4.78, 5) is 37.8. The largest absolute Gasteiger partial charge is 0.349 e. The number of thioether (sulfide) groups is 1. The first-order chi connectivity index (χ1) is 10.4. The minimum absolute atomic E-state index is 0.00282. The Balaban J connectivity index is 1.76. The molecule has 0 aromatic carbocycles. The number of hydrogen-bond donors (Lipinski definition) is 2. The van der Waals surface area contributed by atoms with Crippen molar-refractivity contribution in [3.05, 3.63) is 0 Å². The normalized spacial score (nSPS) is 30.5. The van der Waals surface area contributed by atoms with Crippen LogP contribution in [0.1, 0.15) is 27.2 Å². The summed E-state index contributed by atoms with van der Waals surface area (Å²) in [5, 5.41) is 2.65. The molecule has 2 aliphatic rings. The first-order valence-corrected chi connectivity index (χ1v) is 8.96. The molecule has 2 saturated heterocycles. The van der Waals surface area contributed by atoms with Crippen LogP contribution < -0.4 is 10.2 Å². The Morgan fingerprint density at radius 2 is 2.00 bits per heavy atom. The number of quaternary nitrogens is 1. The lowest BCUT2D eigenvalue weighted by Crippen LogP contribution is -3.18. The van der Waals surface area contributed by atoms with E-state index in [0.717, 1.165) is 24.9 Å². The fourth-order valence-electron chi connectivity index (χ4n) is 3.41. The maximum atomic E-state index is 12.3. The maximum absolute atomic E-state index is 12.3. The van der Waals surface area contributed by atoms with E-state index >= 15 is 0 Å². The maximum Gasteiger partial charge on any atom is 0.288 e. The molecule has 0 aromatic heterocycles. The molecule has 3 amide bonds. The monoisotopic (exact) mass is 328 g/mol. The van der Waals surface area contributed by atoms with E-state index in [-0.39, 0.29) is 35.4 Å². The molecule has 0 radical (unpaired) electrons. The molecule has 0 saturated carbocycles. The van der Waals surface area contributed by atoms with Gasteiger partial charge in [-0.3, -0.25) is 19.3 Å². The molecule has 124 valence electrons. The van der Waals surface area contributed by atoms with E-state index in [1.54, 1.807) is 0 Å². The zero-order valence-corrected chi connectivity index (χ0v) is 14.4. The Labute approximate surface area is 136 Å². The summed E-state index contributed by atoms with van der Waals surface area (Å²) in [6, 6.07) is -0.0930. The van der Waals surface area contributed by atoms with E-state index in [1.165, 1.54) is 16.2 Å². The molecule has 2 N–H and O–H groups in total. The predicted octanol–water partition coefficient (Wildman–Crippen LogP) is -0.253. The molecule has 6 nitrogen and oxygen atoms in total. The highest BCUT2D eigenvalue weighted by Crippen LogP contribution is 2.17. The topological polar surface area (TPSA) is 70.9 Å². The van der Waals surface area contributed by atoms with Crippen LogP contribution in [0.2, 0.25) is 0 Å². The molecular formula is C15H26N3O3S+. The van der Waals surface area contributed by atoms with Gasteiger partial charge in [0, 0.05) is 24.9 Å². The van der Waals surface area contributed by atoms with Crippen molar-refractivity contribution in [3.8, 4) is 0 Å². The van der Waals surface area contributed by atoms with Gasteiger partial charge in [0.1, 0.15) is 0 Å². The zero-order valence-electron chi connectivity index (χ0n) is 13.6. The van der Waals surface area contributed by atoms with Gasteiger partial charge >= 0.3 is 0 Å². The van der Waals surface area contributed by atoms with Gasteiger partial charge in [0.25, 0.3) is 11.1 Å². The third kappa shape index (κ3) is 4.23. The van der Waals surface area contributed by atoms with Gasteiger partial charge < -0.3 is 10.2 Å². The van der Waals surface area contributed by atoms with Gasteiger partial charge in [-0.2, -0.15) is 0 Å². The van der Waals surface area contributed by atoms with Crippen molar-refractivity contribution in [1.29, 1.82) is 0 Å². The lowest BCUT2D eigenvalue weighted by molar-refractivity contribution is -0.925. The van der Waals surface area contributed by atoms with E-state index in [9.17, 15) is 14.4 Å². The molecule has 2 rings (SSSR count). The van der Waals surface area contributed by atoms with Crippen molar-refractivity contribution >= 4 is 28.8 Å². The van der Waals surface area contributed by atoms with Crippen LogP contribution in [0.25, 0.3) is 0 Å². The summed E-state index contributed by atoms with van der Waals surface area (Å²) in [5.41, 5.74) is 0. The van der Waals surface area contributed by atoms with Crippen molar-refractivity contribution in [2.45, 2.75) is 33.2 Å². The SMILES string of the molecule is C[C@@H]1C[C@@H](C)C[NH+]([C@@H](C)C(=O)NCCN2C(=O)CSC2=O)C1. The molecule has 0 unspecified atom stereocenters. The van der Waals surface area contributed by atoms with Gasteiger partial charge in [0.05, 0.1) is 18.8 Å². The lowest BCUT2D eigenvalue weighted by Gasteiger charge is -2.35. The third-order valence-corrected chi connectivity index (χ3v) is 5.37. The first kappa shape index (κ1) is 17.3. The number of carbonyl (C=O) groups is 3. The molecule has 0 spiro atoms. The van der Waals surface area contributed by atoms with Gasteiger partial charge in [-0.05, 0) is 13.3 Å². The minimum Gasteiger partial charge on any atom is -0.349 e. The van der Waals surface area contributed by atoms with Crippen LogP contribution in [0.3, 0.4) is 0 Å². The van der Waals surface area contributed by atoms with E-state index < -0.39 is 0 Å². The van der Waals surface area contributed by atoms with Gasteiger partial charge in [0.15, 0.2) is 6.04 Å². The van der Waals surface area contributed by atoms with Crippen LogP contribution in [0.15, 0.2) is 0 Å². The number of nitrogens with one attached hydrogen (secondary N) is 2. The van der Waals surface area contributed by atoms with Crippen LogP contribution in [0.4, 0.5) is 4.79 Å². The summed E-state index contributed by atoms with van der Waals surface area (Å²) in [6.07, 6.45) is 1.23. The Bertz CT molecular complexity index is 431. The number of hydrogen-bond acceptors (Lipinski definition) is 4. The predicted molar refractivity (Wildman–Crippen MR) is 85.7 cm³/mol. The molecule has 22 heavy (non-hydrogen) atoms. The molecule has 7 heteroatoms. The number of imide groups is 1. The third-order valence-electron chi connectivity index (χ3n) is 4.51. The summed E-state index contributed by atoms with van der Waals surface area (Å²) in [7, 11) is 0. The number of rotatable bonds is 5. The smallest absolute Gasteiger partial charge is 0.288 e. The second-order valence-electron chi connectivity index (χ2n) is 6.63. The Morgan fingerprint density at radius 1 is 1.36 bits per heavy atom. The number of piperidine rings is 1. The summed E-state index contributed by atoms with van der Waals surface area (Å²) < 4.78 is 0. The number of likely N-dealkylation sites (tertiary alicyclic amines) is 1. The van der Waals surface area contributed by atoms with E-state index in [0.29, 0.717) is 18.4 Å². The molecule has 2 fully saturated rings. The molecule has 3 atom stereocenters. The Hall–Kier alpha value is -1.08. The summed E-state index contributed by atoms with van der Waals surface area (Å²) in [5.74, 6) is 1.35. The second-order valence-corrected chi connectivity index (χ2v) is 7.55. The van der Waals surface area contributed by atoms with Gasteiger partial charge in [-0.15, -0.1) is 0 Å². The van der Waals surface area contributed by atoms with Crippen LogP contribution >= 0.6 is 11.8 Å². The van der Waals surface area contributed by atoms with Crippen molar-refractivity contribution < 1.29 is 19.3 Å². The zero-order chi connectivity index (χ0) is 16.3. The van der Waals surface area contributed by atoms with Crippen LogP contribution in [0, 0.1) is 11.8 Å². The molecule has 2 aliphatic heterocycles. The van der Waals surface area contributed by atoms with E-state index in [4.69, 9.17) is 0 Å². The van der Waals surface area contributed by atoms with Crippen molar-refractivity contribution in [1.82, 2.24) is 10.2 Å². The number of nitrogens with zero attached hydrogens (tertiary/aromatic N) is 1. The quantitative estimate of drug-likeness (QED) is 0.730. The summed E-state index contributed by atoms with van der Waals surface area (Å²) in [6.45, 7) is 9.09. The van der Waals surface area contributed by atoms with Crippen molar-refractivity contribution in [2.24, 2.45) is 11.8 Å². The minimum atomic E-state index is -0.211. The average Bonchev–Trinajstić information content (AvgIpc) is 2.77. The first-order valence-electron chi connectivity index (χ1n) is 7.98. The standard InChI is InChI=1S/C15H25N3O3S/c1-10-6-11(2)8-17(7-10)12(3)14(20)16-4-5-18-13(19)9-22-15(18)21/h10-12H,4-9H2,1-3H3,(H,16,20)/p+1/t10-,11-,12+/m1/s1. The highest BCUT2D eigenvalue weighted by Gasteiger charge is 2.33. The van der Waals surface area contributed by atoms with Crippen LogP contribution in [-0.2, 0) is 9.59 Å². The van der Waals surface area contributed by atoms with Gasteiger partial charge in [-0.1, -0.05) is 25.6 Å². The Morgan fingerprint density at radius 3 is 2.55 bits per heavy atom. The second kappa shape index (κ2) is 7.46. The van der Waals surface area contributed by atoms with E-state index in [2.05, 4.69) is 19.2 Å². The van der Waals surface area contributed by atoms with E-state index in [1.807, 2.05) is 6.92 Å². The highest BCUT2D eigenvalue weighted by molar-refractivity contribution is 8.14. The molecule has 2 heterocycles. The average molecular weight is 328 g/mol. The molecule has 0 aromatic rings. The summed E-state index contributed by atoms with van der Waals surface area (Å²) >= 11 is 1.02. The Kier molecular flexibility index (Phi) is 5.86. The molecule has 0 aliphatic carbocycles. The van der Waals surface area contributed by atoms with Crippen LogP contribution in [-0.4, -0.2) is 59.9 Å². The number of amides is 3. The van der Waals surface area contributed by atoms with Gasteiger partial charge in [0.2, 0.25) is 5.91 Å². The van der Waals surface area contributed by atoms with Crippen LogP contribution in [0.5, 0.6) is 0 Å². The highest BCUT2D eigenvalue weighted by atomic mass is 32.2. The van der Waals surface area contributed by atoms with Crippen molar-refractivity contribution in [3.63, 3.8) is 0 Å². The molecule has 0 bridgehead atoms. The van der Waals surface area contributed by atoms with Crippen molar-refractivity contribution in [2.75, 3.05) is 31.9 Å². The van der Waals surface area contributed by atoms with Gasteiger partial charge in [-0.25, -0.2) is 0 Å². The fourth-order valence-corrected chi connectivity index (χ4v) is 4.16.